The molecule has 0 fully saturated rings. The monoisotopic (exact) mass is 410 g/mol. The van der Waals surface area contributed by atoms with Gasteiger partial charge in [-0.05, 0) is 48.9 Å². The summed E-state index contributed by atoms with van der Waals surface area (Å²) in [5.74, 6) is -0.868. The van der Waals surface area contributed by atoms with Gasteiger partial charge in [0.2, 0.25) is 0 Å². The number of carbonyl (C=O) groups excluding carboxylic acids is 2. The normalized spacial score (nSPS) is 15.0. The molecule has 2 aromatic carbocycles. The Kier molecular flexibility index (Phi) is 7.83. The lowest BCUT2D eigenvalue weighted by molar-refractivity contribution is -0.211. The van der Waals surface area contributed by atoms with E-state index in [1.165, 1.54) is 25.0 Å². The van der Waals surface area contributed by atoms with Gasteiger partial charge in [0.05, 0.1) is 0 Å². The second-order valence-electron chi connectivity index (χ2n) is 8.15. The maximum absolute atomic E-state index is 12.1. The van der Waals surface area contributed by atoms with Crippen LogP contribution < -0.4 is 0 Å². The summed E-state index contributed by atoms with van der Waals surface area (Å²) >= 11 is 0. The summed E-state index contributed by atoms with van der Waals surface area (Å²) in [6, 6.07) is 16.0. The number of rotatable bonds is 9. The largest absolute Gasteiger partial charge is 0.450 e. The quantitative estimate of drug-likeness (QED) is 0.487. The van der Waals surface area contributed by atoms with E-state index in [0.29, 0.717) is 0 Å². The average molecular weight is 411 g/mol. The molecule has 0 amide bonds. The minimum Gasteiger partial charge on any atom is -0.450 e. The molecule has 4 nitrogen and oxygen atoms in total. The summed E-state index contributed by atoms with van der Waals surface area (Å²) in [5.41, 5.74) is 1.57. The Balaban J connectivity index is 2.63. The van der Waals surface area contributed by atoms with E-state index in [1.807, 2.05) is 62.4 Å². The lowest BCUT2D eigenvalue weighted by atomic mass is 9.74. The molecule has 0 saturated heterocycles. The first-order valence-corrected chi connectivity index (χ1v) is 10.7. The second-order valence-corrected chi connectivity index (χ2v) is 8.15. The van der Waals surface area contributed by atoms with Crippen molar-refractivity contribution in [1.29, 1.82) is 0 Å². The van der Waals surface area contributed by atoms with Crippen LogP contribution in [0.25, 0.3) is 0 Å². The average Bonchev–Trinajstić information content (AvgIpc) is 2.68. The summed E-state index contributed by atoms with van der Waals surface area (Å²) < 4.78 is 11.8. The molecule has 0 saturated carbocycles. The van der Waals surface area contributed by atoms with Crippen LogP contribution in [-0.4, -0.2) is 11.9 Å². The highest BCUT2D eigenvalue weighted by molar-refractivity contribution is 5.69. The number of aryl methyl sites for hydroxylation is 2. The highest BCUT2D eigenvalue weighted by Crippen LogP contribution is 2.46. The Bertz CT molecular complexity index is 780. The molecule has 0 radical (unpaired) electrons. The Labute approximate surface area is 180 Å². The molecular weight excluding hydrogens is 376 g/mol. The lowest BCUT2D eigenvalue weighted by Gasteiger charge is -2.45. The minimum atomic E-state index is -1.21. The molecule has 0 N–H and O–H groups in total. The third-order valence-corrected chi connectivity index (χ3v) is 5.69. The van der Waals surface area contributed by atoms with E-state index in [9.17, 15) is 9.59 Å². The first kappa shape index (κ1) is 23.7. The van der Waals surface area contributed by atoms with Gasteiger partial charge < -0.3 is 9.47 Å². The van der Waals surface area contributed by atoms with Crippen molar-refractivity contribution >= 4 is 11.9 Å². The molecule has 4 heteroatoms. The molecule has 0 aliphatic carbocycles. The van der Waals surface area contributed by atoms with E-state index in [1.54, 1.807) is 0 Å². The first-order valence-electron chi connectivity index (χ1n) is 10.7. The van der Waals surface area contributed by atoms with Crippen LogP contribution in [0.5, 0.6) is 0 Å². The molecule has 0 aliphatic rings. The fourth-order valence-corrected chi connectivity index (χ4v) is 3.99. The molecule has 2 atom stereocenters. The molecule has 162 valence electrons. The minimum absolute atomic E-state index is 0.434. The van der Waals surface area contributed by atoms with E-state index in [2.05, 4.69) is 13.8 Å². The highest BCUT2D eigenvalue weighted by atomic mass is 16.6. The van der Waals surface area contributed by atoms with Gasteiger partial charge in [-0.2, -0.15) is 0 Å². The number of hydrogen-bond acceptors (Lipinski definition) is 4. The van der Waals surface area contributed by atoms with Crippen molar-refractivity contribution in [3.63, 3.8) is 0 Å². The fourth-order valence-electron chi connectivity index (χ4n) is 3.99. The van der Waals surface area contributed by atoms with Crippen LogP contribution in [0.2, 0.25) is 0 Å². The molecule has 2 aromatic rings. The van der Waals surface area contributed by atoms with Gasteiger partial charge in [-0.25, -0.2) is 0 Å². The molecule has 0 aromatic heterocycles. The van der Waals surface area contributed by atoms with Crippen molar-refractivity contribution in [2.24, 2.45) is 0 Å². The number of ether oxygens (including phenoxy) is 2. The third-order valence-electron chi connectivity index (χ3n) is 5.69. The molecule has 0 heterocycles. The summed E-state index contributed by atoms with van der Waals surface area (Å²) in [4.78, 5) is 24.3. The zero-order valence-corrected chi connectivity index (χ0v) is 19.1. The van der Waals surface area contributed by atoms with Gasteiger partial charge in [-0.1, -0.05) is 75.2 Å². The van der Waals surface area contributed by atoms with Crippen LogP contribution in [0.4, 0.5) is 0 Å². The molecule has 30 heavy (non-hydrogen) atoms. The maximum Gasteiger partial charge on any atom is 0.303 e. The summed E-state index contributed by atoms with van der Waals surface area (Å²) in [5, 5.41) is 0. The highest BCUT2D eigenvalue weighted by Gasteiger charge is 2.53. The van der Waals surface area contributed by atoms with Crippen molar-refractivity contribution in [2.75, 3.05) is 0 Å². The zero-order chi connectivity index (χ0) is 22.4. The van der Waals surface area contributed by atoms with Crippen LogP contribution in [0.1, 0.15) is 76.6 Å². The lowest BCUT2D eigenvalue weighted by Crippen LogP contribution is -2.50. The maximum atomic E-state index is 12.1. The Morgan fingerprint density at radius 1 is 0.667 bits per heavy atom. The van der Waals surface area contributed by atoms with Crippen LogP contribution in [0, 0.1) is 0 Å². The first-order chi connectivity index (χ1) is 14.2. The van der Waals surface area contributed by atoms with Gasteiger partial charge in [0.1, 0.15) is 0 Å². The van der Waals surface area contributed by atoms with Crippen LogP contribution in [0.3, 0.4) is 0 Å². The predicted octanol–water partition coefficient (Wildman–Crippen LogP) is 5.85. The molecule has 2 unspecified atom stereocenters. The standard InChI is InChI=1S/C26H34O4/c1-7-9-21-11-15-23(16-12-21)25(5,29-19(3)27)26(6,30-20(4)28)24-17-13-22(10-8-2)14-18-24/h11-18H,7-10H2,1-6H3. The van der Waals surface area contributed by atoms with Crippen LogP contribution in [0.15, 0.2) is 48.5 Å². The Hall–Kier alpha value is -2.62. The van der Waals surface area contributed by atoms with E-state index in [0.717, 1.165) is 36.8 Å². The van der Waals surface area contributed by atoms with Crippen molar-refractivity contribution in [1.82, 2.24) is 0 Å². The van der Waals surface area contributed by atoms with Crippen LogP contribution >= 0.6 is 0 Å². The molecule has 0 aliphatic heterocycles. The van der Waals surface area contributed by atoms with Crippen molar-refractivity contribution in [3.8, 4) is 0 Å². The van der Waals surface area contributed by atoms with Crippen molar-refractivity contribution in [3.05, 3.63) is 70.8 Å². The zero-order valence-electron chi connectivity index (χ0n) is 19.1. The summed E-state index contributed by atoms with van der Waals surface area (Å²) in [6.45, 7) is 10.6. The molecule has 0 spiro atoms. The van der Waals surface area contributed by atoms with Gasteiger partial charge in [0.15, 0.2) is 11.2 Å². The van der Waals surface area contributed by atoms with E-state index >= 15 is 0 Å². The van der Waals surface area contributed by atoms with E-state index < -0.39 is 23.1 Å². The third kappa shape index (κ3) is 5.10. The van der Waals surface area contributed by atoms with Crippen molar-refractivity contribution < 1.29 is 19.1 Å². The number of benzene rings is 2. The van der Waals surface area contributed by atoms with Gasteiger partial charge in [-0.15, -0.1) is 0 Å². The smallest absolute Gasteiger partial charge is 0.303 e. The molecular formula is C26H34O4. The van der Waals surface area contributed by atoms with Gasteiger partial charge in [0, 0.05) is 13.8 Å². The molecule has 0 bridgehead atoms. The SMILES string of the molecule is CCCc1ccc(C(C)(OC(C)=O)C(C)(OC(C)=O)c2ccc(CCC)cc2)cc1. The van der Waals surface area contributed by atoms with Crippen molar-refractivity contribution in [2.45, 2.75) is 78.4 Å². The topological polar surface area (TPSA) is 52.6 Å². The van der Waals surface area contributed by atoms with Gasteiger partial charge >= 0.3 is 11.9 Å². The Morgan fingerprint density at radius 2 is 0.967 bits per heavy atom. The molecule has 2 rings (SSSR count). The number of esters is 2. The van der Waals surface area contributed by atoms with Gasteiger partial charge in [-0.3, -0.25) is 9.59 Å². The second kappa shape index (κ2) is 9.92. The number of carbonyl (C=O) groups is 2. The summed E-state index contributed by atoms with van der Waals surface area (Å²) in [6.07, 6.45) is 4.06. The predicted molar refractivity (Wildman–Crippen MR) is 119 cm³/mol. The fraction of sp³-hybridized carbons (Fsp3) is 0.462. The number of hydrogen-bond donors (Lipinski definition) is 0. The van der Waals surface area contributed by atoms with Gasteiger partial charge in [0.25, 0.3) is 0 Å². The Morgan fingerprint density at radius 3 is 1.20 bits per heavy atom. The van der Waals surface area contributed by atoms with E-state index in [4.69, 9.17) is 9.47 Å². The summed E-state index contributed by atoms with van der Waals surface area (Å²) in [7, 11) is 0. The van der Waals surface area contributed by atoms with E-state index in [-0.39, 0.29) is 0 Å². The van der Waals surface area contributed by atoms with Crippen LogP contribution in [-0.2, 0) is 43.1 Å².